The molecule has 1 aromatic heterocycles. The summed E-state index contributed by atoms with van der Waals surface area (Å²) in [6, 6.07) is 4.45. The second kappa shape index (κ2) is 14.9. The van der Waals surface area contributed by atoms with Crippen molar-refractivity contribution in [2.24, 2.45) is 11.8 Å². The van der Waals surface area contributed by atoms with Gasteiger partial charge in [-0.05, 0) is 31.2 Å². The molecular weight excluding hydrogens is 536 g/mol. The van der Waals surface area contributed by atoms with E-state index in [1.165, 1.54) is 11.3 Å². The highest BCUT2D eigenvalue weighted by Gasteiger charge is 2.28. The zero-order valence-electron chi connectivity index (χ0n) is 23.8. The minimum absolute atomic E-state index is 0.0135. The van der Waals surface area contributed by atoms with Gasteiger partial charge in [0, 0.05) is 69.1 Å². The predicted molar refractivity (Wildman–Crippen MR) is 158 cm³/mol. The van der Waals surface area contributed by atoms with Crippen LogP contribution in [0.1, 0.15) is 45.5 Å². The van der Waals surface area contributed by atoms with Gasteiger partial charge in [-0.3, -0.25) is 14.4 Å². The molecule has 4 atom stereocenters. The summed E-state index contributed by atoms with van der Waals surface area (Å²) in [5, 5.41) is 10.4. The number of benzene rings is 1. The third-order valence-electron chi connectivity index (χ3n) is 7.48. The van der Waals surface area contributed by atoms with E-state index in [2.05, 4.69) is 51.6 Å². The molecule has 39 heavy (non-hydrogen) atoms. The molecule has 3 N–H and O–H groups in total. The lowest BCUT2D eigenvalue weighted by molar-refractivity contribution is -0.129. The number of thiazole rings is 1. The van der Waals surface area contributed by atoms with E-state index >= 15 is 0 Å². The highest BCUT2D eigenvalue weighted by molar-refractivity contribution is 7.18. The van der Waals surface area contributed by atoms with Gasteiger partial charge >= 0.3 is 0 Å². The largest absolute Gasteiger partial charge is 0.354 e. The lowest BCUT2D eigenvalue weighted by Crippen LogP contribution is -2.55. The van der Waals surface area contributed by atoms with E-state index in [0.29, 0.717) is 11.6 Å². The van der Waals surface area contributed by atoms with Gasteiger partial charge in [0.05, 0.1) is 15.2 Å². The molecule has 0 aliphatic carbocycles. The number of halogens is 1. The van der Waals surface area contributed by atoms with Crippen molar-refractivity contribution < 1.29 is 14.4 Å². The van der Waals surface area contributed by atoms with Gasteiger partial charge in [-0.1, -0.05) is 45.7 Å². The average Bonchev–Trinajstić information content (AvgIpc) is 3.32. The smallest absolute Gasteiger partial charge is 0.243 e. The van der Waals surface area contributed by atoms with Crippen LogP contribution < -0.4 is 16.0 Å². The van der Waals surface area contributed by atoms with Crippen LogP contribution in [0.5, 0.6) is 0 Å². The first-order valence-corrected chi connectivity index (χ1v) is 15.1. The predicted octanol–water partition coefficient (Wildman–Crippen LogP) is 2.92. The van der Waals surface area contributed by atoms with Gasteiger partial charge in [0.25, 0.3) is 0 Å². The quantitative estimate of drug-likeness (QED) is 0.337. The molecule has 11 heteroatoms. The molecule has 3 rings (SSSR count). The maximum Gasteiger partial charge on any atom is 0.243 e. The number of rotatable bonds is 13. The Bertz CT molecular complexity index is 1120. The van der Waals surface area contributed by atoms with E-state index in [1.54, 1.807) is 13.0 Å². The van der Waals surface area contributed by atoms with Crippen LogP contribution in [0.15, 0.2) is 18.2 Å². The van der Waals surface area contributed by atoms with Gasteiger partial charge in [-0.15, -0.1) is 11.3 Å². The van der Waals surface area contributed by atoms with Crippen LogP contribution in [-0.2, 0) is 20.8 Å². The third kappa shape index (κ3) is 9.41. The van der Waals surface area contributed by atoms with E-state index < -0.39 is 6.04 Å². The first-order chi connectivity index (χ1) is 18.6. The molecule has 0 bridgehead atoms. The second-order valence-electron chi connectivity index (χ2n) is 10.6. The molecule has 1 saturated heterocycles. The summed E-state index contributed by atoms with van der Waals surface area (Å²) in [4.78, 5) is 47.9. The minimum Gasteiger partial charge on any atom is -0.354 e. The number of amides is 3. The zero-order valence-corrected chi connectivity index (χ0v) is 25.3. The standard InChI is InChI=1S/C28H43ClN6O3S/c1-6-18(3)23(16-30-27(37)19(4)17-35-12-10-34(5)11-13-35)33-28(38)22(31-25(36)7-2)15-26-32-21-9-8-20(29)14-24(21)39-26/h8-9,14,18-19,22-23H,6-7,10-13,15-17H2,1-5H3,(H,30,37)(H,31,36)(H,33,38)/t18-,19?,22-,23+/m0/s1. The summed E-state index contributed by atoms with van der Waals surface area (Å²) >= 11 is 7.58. The fourth-order valence-corrected chi connectivity index (χ4v) is 5.85. The maximum atomic E-state index is 13.5. The first-order valence-electron chi connectivity index (χ1n) is 13.9. The Labute approximate surface area is 241 Å². The number of carbonyl (C=O) groups is 3. The molecule has 2 aromatic rings. The molecule has 9 nitrogen and oxygen atoms in total. The van der Waals surface area contributed by atoms with Crippen molar-refractivity contribution in [2.45, 2.75) is 59.0 Å². The van der Waals surface area contributed by atoms with Crippen LogP contribution in [-0.4, -0.2) is 90.9 Å². The molecule has 0 spiro atoms. The first kappa shape index (κ1) is 31.3. The van der Waals surface area contributed by atoms with Gasteiger partial charge in [0.15, 0.2) is 0 Å². The van der Waals surface area contributed by atoms with Crippen molar-refractivity contribution >= 4 is 50.9 Å². The topological polar surface area (TPSA) is 107 Å². The number of nitrogens with zero attached hydrogens (tertiary/aromatic N) is 3. The molecule has 2 heterocycles. The third-order valence-corrected chi connectivity index (χ3v) is 8.75. The minimum atomic E-state index is -0.771. The number of hydrogen-bond acceptors (Lipinski definition) is 7. The van der Waals surface area contributed by atoms with E-state index in [1.807, 2.05) is 19.1 Å². The van der Waals surface area contributed by atoms with Gasteiger partial charge in [0.2, 0.25) is 17.7 Å². The van der Waals surface area contributed by atoms with Crippen LogP contribution in [0, 0.1) is 11.8 Å². The summed E-state index contributed by atoms with van der Waals surface area (Å²) in [5.41, 5.74) is 0.811. The van der Waals surface area contributed by atoms with Crippen LogP contribution >= 0.6 is 22.9 Å². The molecule has 1 fully saturated rings. The molecule has 1 aliphatic heterocycles. The molecule has 1 unspecified atom stereocenters. The van der Waals surface area contributed by atoms with Gasteiger partial charge in [-0.2, -0.15) is 0 Å². The molecule has 1 aliphatic rings. The Hall–Kier alpha value is -2.27. The number of nitrogens with one attached hydrogen (secondary N) is 3. The monoisotopic (exact) mass is 578 g/mol. The van der Waals surface area contributed by atoms with Crippen molar-refractivity contribution in [3.63, 3.8) is 0 Å². The molecule has 0 saturated carbocycles. The van der Waals surface area contributed by atoms with Crippen molar-refractivity contribution in [1.29, 1.82) is 0 Å². The summed E-state index contributed by atoms with van der Waals surface area (Å²) in [6.07, 6.45) is 1.38. The Morgan fingerprint density at radius 2 is 1.79 bits per heavy atom. The van der Waals surface area contributed by atoms with E-state index in [-0.39, 0.29) is 48.4 Å². The van der Waals surface area contributed by atoms with Gasteiger partial charge in [0.1, 0.15) is 6.04 Å². The Morgan fingerprint density at radius 1 is 1.08 bits per heavy atom. The fourth-order valence-electron chi connectivity index (χ4n) is 4.56. The highest BCUT2D eigenvalue weighted by Crippen LogP contribution is 2.26. The number of carbonyl (C=O) groups excluding carboxylic acids is 3. The van der Waals surface area contributed by atoms with Gasteiger partial charge in [-0.25, -0.2) is 4.98 Å². The number of aromatic nitrogens is 1. The Kier molecular flexibility index (Phi) is 12.0. The summed E-state index contributed by atoms with van der Waals surface area (Å²) in [7, 11) is 2.12. The lowest BCUT2D eigenvalue weighted by Gasteiger charge is -2.33. The maximum absolute atomic E-state index is 13.5. The zero-order chi connectivity index (χ0) is 28.5. The Balaban J connectivity index is 1.63. The van der Waals surface area contributed by atoms with E-state index in [0.717, 1.165) is 54.4 Å². The van der Waals surface area contributed by atoms with Crippen LogP contribution in [0.2, 0.25) is 5.02 Å². The van der Waals surface area contributed by atoms with E-state index in [9.17, 15) is 14.4 Å². The van der Waals surface area contributed by atoms with Crippen molar-refractivity contribution in [3.8, 4) is 0 Å². The van der Waals surface area contributed by atoms with Crippen LogP contribution in [0.4, 0.5) is 0 Å². The van der Waals surface area contributed by atoms with Crippen LogP contribution in [0.3, 0.4) is 0 Å². The second-order valence-corrected chi connectivity index (χ2v) is 12.2. The average molecular weight is 579 g/mol. The lowest BCUT2D eigenvalue weighted by atomic mass is 9.98. The van der Waals surface area contributed by atoms with Crippen LogP contribution in [0.25, 0.3) is 10.2 Å². The molecular formula is C28H43ClN6O3S. The van der Waals surface area contributed by atoms with Gasteiger partial charge < -0.3 is 25.8 Å². The number of piperazine rings is 1. The Morgan fingerprint density at radius 3 is 2.46 bits per heavy atom. The molecule has 3 amide bonds. The number of likely N-dealkylation sites (N-methyl/N-ethyl adjacent to an activating group) is 1. The molecule has 0 radical (unpaired) electrons. The summed E-state index contributed by atoms with van der Waals surface area (Å²) < 4.78 is 0.935. The normalized spacial score (nSPS) is 17.8. The van der Waals surface area contributed by atoms with Crippen molar-refractivity contribution in [2.75, 3.05) is 46.3 Å². The molecule has 216 valence electrons. The SMILES string of the molecule is CCC(=O)N[C@@H](Cc1nc2ccc(Cl)cc2s1)C(=O)N[C@H](CNC(=O)C(C)CN1CCN(C)CC1)[C@@H](C)CC. The summed E-state index contributed by atoms with van der Waals surface area (Å²) in [5.74, 6) is -0.509. The number of hydrogen-bond donors (Lipinski definition) is 3. The number of fused-ring (bicyclic) bond motifs is 1. The molecule has 1 aromatic carbocycles. The fraction of sp³-hybridized carbons (Fsp3) is 0.643. The van der Waals surface area contributed by atoms with E-state index in [4.69, 9.17) is 11.6 Å². The highest BCUT2D eigenvalue weighted by atomic mass is 35.5. The summed E-state index contributed by atoms with van der Waals surface area (Å²) in [6.45, 7) is 12.8. The van der Waals surface area contributed by atoms with Crippen molar-refractivity contribution in [3.05, 3.63) is 28.2 Å². The van der Waals surface area contributed by atoms with Crippen molar-refractivity contribution in [1.82, 2.24) is 30.7 Å².